The van der Waals surface area contributed by atoms with Crippen molar-refractivity contribution in [3.63, 3.8) is 0 Å². The number of quaternary nitrogens is 2. The molecule has 6 unspecified atom stereocenters. The molecule has 1 saturated carbocycles. The number of hydrogen-bond acceptors (Lipinski definition) is 6. The van der Waals surface area contributed by atoms with Crippen molar-refractivity contribution in [3.8, 4) is 0 Å². The molecule has 0 amide bonds. The number of nitro groups is 1. The van der Waals surface area contributed by atoms with Crippen LogP contribution in [-0.4, -0.2) is 29.3 Å². The molecule has 1 heterocycles. The third kappa shape index (κ3) is 1.88. The molecule has 2 fully saturated rings. The van der Waals surface area contributed by atoms with E-state index in [2.05, 4.69) is 5.43 Å². The molecule has 1 saturated heterocycles. The molecule has 0 radical (unpaired) electrons. The van der Waals surface area contributed by atoms with Crippen molar-refractivity contribution in [2.24, 2.45) is 5.73 Å². The van der Waals surface area contributed by atoms with Gasteiger partial charge in [-0.15, -0.1) is 0 Å². The highest BCUT2D eigenvalue weighted by Crippen LogP contribution is 2.19. The van der Waals surface area contributed by atoms with Crippen molar-refractivity contribution >= 4 is 0 Å². The van der Waals surface area contributed by atoms with E-state index in [9.17, 15) is 20.5 Å². The highest BCUT2D eigenvalue weighted by molar-refractivity contribution is 4.81. The number of hydrogen-bond donors (Lipinski definition) is 4. The molecule has 2 rings (SSSR count). The maximum atomic E-state index is 11.7. The first-order chi connectivity index (χ1) is 7.50. The molecule has 0 spiro atoms. The standard InChI is InChI=1S/C7H15N5O4/c8-7-9-11(14)6-3-4(12(15)16)1-2-5(6)10(7)13/h4-7,9-11H,1-3,8H2. The van der Waals surface area contributed by atoms with Crippen LogP contribution in [0.2, 0.25) is 0 Å². The van der Waals surface area contributed by atoms with Crippen molar-refractivity contribution in [2.75, 3.05) is 0 Å². The van der Waals surface area contributed by atoms with Crippen molar-refractivity contribution in [3.05, 3.63) is 20.5 Å². The van der Waals surface area contributed by atoms with Gasteiger partial charge in [-0.3, -0.25) is 21.0 Å². The summed E-state index contributed by atoms with van der Waals surface area (Å²) in [5, 5.41) is 33.4. The van der Waals surface area contributed by atoms with E-state index in [1.807, 2.05) is 0 Å². The van der Waals surface area contributed by atoms with Gasteiger partial charge in [0.2, 0.25) is 12.3 Å². The maximum absolute atomic E-state index is 11.7. The average molecular weight is 233 g/mol. The Morgan fingerprint density at radius 1 is 1.31 bits per heavy atom. The molecule has 1 aliphatic carbocycles. The van der Waals surface area contributed by atoms with Crippen molar-refractivity contribution in [1.82, 2.24) is 5.43 Å². The number of fused-ring (bicyclic) bond motifs is 1. The van der Waals surface area contributed by atoms with Gasteiger partial charge in [0.15, 0.2) is 6.04 Å². The Morgan fingerprint density at radius 2 is 2.00 bits per heavy atom. The normalized spacial score (nSPS) is 48.4. The Kier molecular flexibility index (Phi) is 3.06. The van der Waals surface area contributed by atoms with Gasteiger partial charge in [-0.25, -0.2) is 0 Å². The van der Waals surface area contributed by atoms with Gasteiger partial charge in [-0.05, 0) is 0 Å². The highest BCUT2D eigenvalue weighted by Gasteiger charge is 2.48. The first kappa shape index (κ1) is 11.6. The molecule has 5 N–H and O–H groups in total. The van der Waals surface area contributed by atoms with E-state index in [0.29, 0.717) is 12.8 Å². The minimum Gasteiger partial charge on any atom is -0.632 e. The molecule has 0 aromatic carbocycles. The largest absolute Gasteiger partial charge is 0.632 e. The number of rotatable bonds is 1. The second kappa shape index (κ2) is 4.20. The summed E-state index contributed by atoms with van der Waals surface area (Å²) in [5.74, 6) is 0. The lowest BCUT2D eigenvalue weighted by Crippen LogP contribution is -3.37. The molecule has 2 aliphatic rings. The quantitative estimate of drug-likeness (QED) is 0.207. The Morgan fingerprint density at radius 3 is 2.62 bits per heavy atom. The van der Waals surface area contributed by atoms with Crippen LogP contribution >= 0.6 is 0 Å². The number of nitrogens with one attached hydrogen (secondary N) is 3. The summed E-state index contributed by atoms with van der Waals surface area (Å²) in [6.07, 6.45) is -0.0705. The molecule has 92 valence electrons. The Balaban J connectivity index is 2.10. The van der Waals surface area contributed by atoms with E-state index in [4.69, 9.17) is 5.73 Å². The van der Waals surface area contributed by atoms with Crippen LogP contribution in [0, 0.1) is 20.5 Å². The van der Waals surface area contributed by atoms with Crippen molar-refractivity contribution in [2.45, 2.75) is 43.7 Å². The molecule has 6 atom stereocenters. The van der Waals surface area contributed by atoms with Gasteiger partial charge in [0.1, 0.15) is 6.04 Å². The fraction of sp³-hybridized carbons (Fsp3) is 1.00. The van der Waals surface area contributed by atoms with Crippen LogP contribution in [0.5, 0.6) is 0 Å². The molecule has 0 aromatic heterocycles. The zero-order valence-electron chi connectivity index (χ0n) is 8.59. The lowest BCUT2D eigenvalue weighted by atomic mass is 9.86. The SMILES string of the molecule is NC1N[NH+]([O-])C2CC([N+](=O)[O-])CCC2[NH+]1[O-]. The van der Waals surface area contributed by atoms with Crippen molar-refractivity contribution < 1.29 is 15.2 Å². The van der Waals surface area contributed by atoms with E-state index in [0.717, 1.165) is 0 Å². The van der Waals surface area contributed by atoms with Crippen LogP contribution in [-0.2, 0) is 0 Å². The molecule has 0 bridgehead atoms. The lowest BCUT2D eigenvalue weighted by molar-refractivity contribution is -1.06. The zero-order valence-corrected chi connectivity index (χ0v) is 8.59. The zero-order chi connectivity index (χ0) is 11.9. The van der Waals surface area contributed by atoms with E-state index in [1.54, 1.807) is 0 Å². The molecule has 9 nitrogen and oxygen atoms in total. The van der Waals surface area contributed by atoms with Gasteiger partial charge in [0.05, 0.1) is 6.42 Å². The first-order valence-corrected chi connectivity index (χ1v) is 5.24. The van der Waals surface area contributed by atoms with Crippen LogP contribution in [0.3, 0.4) is 0 Å². The van der Waals surface area contributed by atoms with Crippen LogP contribution in [0.1, 0.15) is 19.3 Å². The molecule has 0 aromatic rings. The van der Waals surface area contributed by atoms with Gasteiger partial charge >= 0.3 is 0 Å². The molecular formula is C7H15N5O4. The summed E-state index contributed by atoms with van der Waals surface area (Å²) in [5.41, 5.74) is 7.81. The van der Waals surface area contributed by atoms with Crippen LogP contribution in [0.15, 0.2) is 0 Å². The summed E-state index contributed by atoms with van der Waals surface area (Å²) >= 11 is 0. The third-order valence-electron chi connectivity index (χ3n) is 3.43. The molecular weight excluding hydrogens is 218 g/mol. The minimum absolute atomic E-state index is 0.141. The summed E-state index contributed by atoms with van der Waals surface area (Å²) in [6, 6.07) is -1.72. The van der Waals surface area contributed by atoms with Gasteiger partial charge in [-0.2, -0.15) is 0 Å². The second-order valence-corrected chi connectivity index (χ2v) is 4.35. The van der Waals surface area contributed by atoms with Crippen LogP contribution in [0.4, 0.5) is 0 Å². The Labute approximate surface area is 91.4 Å². The van der Waals surface area contributed by atoms with Gasteiger partial charge in [-0.1, -0.05) is 5.43 Å². The van der Waals surface area contributed by atoms with Gasteiger partial charge in [0.25, 0.3) is 0 Å². The fourth-order valence-corrected chi connectivity index (χ4v) is 2.53. The van der Waals surface area contributed by atoms with E-state index in [-0.39, 0.29) is 21.6 Å². The summed E-state index contributed by atoms with van der Waals surface area (Å²) < 4.78 is 0. The van der Waals surface area contributed by atoms with Gasteiger partial charge < -0.3 is 15.5 Å². The molecule has 16 heavy (non-hydrogen) atoms. The Bertz CT molecular complexity index is 290. The summed E-state index contributed by atoms with van der Waals surface area (Å²) in [7, 11) is 0. The van der Waals surface area contributed by atoms with Gasteiger partial charge in [0, 0.05) is 17.8 Å². The topological polar surface area (TPSA) is 136 Å². The van der Waals surface area contributed by atoms with E-state index in [1.165, 1.54) is 0 Å². The van der Waals surface area contributed by atoms with Crippen molar-refractivity contribution in [1.29, 1.82) is 0 Å². The predicted octanol–water partition coefficient (Wildman–Crippen LogP) is -3.92. The fourth-order valence-electron chi connectivity index (χ4n) is 2.53. The third-order valence-corrected chi connectivity index (χ3v) is 3.43. The first-order valence-electron chi connectivity index (χ1n) is 5.24. The summed E-state index contributed by atoms with van der Waals surface area (Å²) in [6.45, 7) is 0. The number of hydroxylamine groups is 3. The number of nitrogens with two attached hydrogens (primary N) is 1. The predicted molar refractivity (Wildman–Crippen MR) is 52.0 cm³/mol. The molecule has 9 heteroatoms. The smallest absolute Gasteiger partial charge is 0.238 e. The highest BCUT2D eigenvalue weighted by atomic mass is 16.6. The minimum atomic E-state index is -0.944. The summed E-state index contributed by atoms with van der Waals surface area (Å²) in [4.78, 5) is 10.3. The Hall–Kier alpha value is -0.840. The maximum Gasteiger partial charge on any atom is 0.238 e. The second-order valence-electron chi connectivity index (χ2n) is 4.35. The monoisotopic (exact) mass is 233 g/mol. The van der Waals surface area contributed by atoms with Crippen LogP contribution < -0.4 is 21.4 Å². The van der Waals surface area contributed by atoms with E-state index >= 15 is 0 Å². The van der Waals surface area contributed by atoms with Crippen LogP contribution in [0.25, 0.3) is 0 Å². The molecule has 1 aliphatic heterocycles. The number of nitrogens with zero attached hydrogens (tertiary/aromatic N) is 1. The lowest BCUT2D eigenvalue weighted by Gasteiger charge is -2.50. The van der Waals surface area contributed by atoms with E-state index < -0.39 is 24.4 Å². The average Bonchev–Trinajstić information content (AvgIpc) is 2.25.